The summed E-state index contributed by atoms with van der Waals surface area (Å²) in [6.45, 7) is 4.95. The zero-order valence-corrected chi connectivity index (χ0v) is 11.4. The monoisotopic (exact) mass is 274 g/mol. The third-order valence-corrected chi connectivity index (χ3v) is 3.10. The van der Waals surface area contributed by atoms with Gasteiger partial charge in [0, 0.05) is 0 Å². The van der Waals surface area contributed by atoms with E-state index in [0.717, 1.165) is 12.1 Å². The second-order valence-electron chi connectivity index (χ2n) is 3.74. The van der Waals surface area contributed by atoms with Crippen LogP contribution >= 0.6 is 23.2 Å². The van der Waals surface area contributed by atoms with Gasteiger partial charge in [0.15, 0.2) is 0 Å². The number of rotatable bonds is 5. The highest BCUT2D eigenvalue weighted by atomic mass is 35.5. The van der Waals surface area contributed by atoms with Crippen LogP contribution in [0.3, 0.4) is 0 Å². The lowest BCUT2D eigenvalue weighted by Gasteiger charge is -2.15. The standard InChI is InChI=1S/C12H16Cl2N2O/c1-3-15-7-12(17)16-8(2)9-4-5-10(13)11(14)6-9/h4-6,8,15H,3,7H2,1-2H3,(H,16,17). The largest absolute Gasteiger partial charge is 0.348 e. The first-order valence-electron chi connectivity index (χ1n) is 5.49. The molecule has 0 heterocycles. The van der Waals surface area contributed by atoms with Crippen molar-refractivity contribution in [2.45, 2.75) is 19.9 Å². The fourth-order valence-electron chi connectivity index (χ4n) is 1.40. The van der Waals surface area contributed by atoms with Gasteiger partial charge in [0.25, 0.3) is 0 Å². The van der Waals surface area contributed by atoms with Crippen LogP contribution in [-0.4, -0.2) is 19.0 Å². The SMILES string of the molecule is CCNCC(=O)NC(C)c1ccc(Cl)c(Cl)c1. The van der Waals surface area contributed by atoms with Crippen LogP contribution in [0.5, 0.6) is 0 Å². The van der Waals surface area contributed by atoms with E-state index in [9.17, 15) is 4.79 Å². The Morgan fingerprint density at radius 1 is 1.35 bits per heavy atom. The molecule has 0 fully saturated rings. The number of carbonyl (C=O) groups is 1. The van der Waals surface area contributed by atoms with Gasteiger partial charge in [0.05, 0.1) is 22.6 Å². The van der Waals surface area contributed by atoms with E-state index in [1.807, 2.05) is 19.9 Å². The molecule has 0 aliphatic heterocycles. The van der Waals surface area contributed by atoms with Crippen molar-refractivity contribution in [3.8, 4) is 0 Å². The summed E-state index contributed by atoms with van der Waals surface area (Å²) in [6.07, 6.45) is 0. The lowest BCUT2D eigenvalue weighted by atomic mass is 10.1. The normalized spacial score (nSPS) is 12.2. The smallest absolute Gasteiger partial charge is 0.234 e. The molecule has 1 aromatic carbocycles. The third kappa shape index (κ3) is 4.54. The minimum atomic E-state index is -0.0871. The molecule has 1 amide bonds. The van der Waals surface area contributed by atoms with E-state index in [2.05, 4.69) is 10.6 Å². The molecule has 0 spiro atoms. The molecule has 0 saturated carbocycles. The highest BCUT2D eigenvalue weighted by Gasteiger charge is 2.10. The molecule has 1 atom stereocenters. The van der Waals surface area contributed by atoms with Crippen LogP contribution in [-0.2, 0) is 4.79 Å². The topological polar surface area (TPSA) is 41.1 Å². The molecule has 0 aromatic heterocycles. The van der Waals surface area contributed by atoms with Crippen molar-refractivity contribution in [2.24, 2.45) is 0 Å². The van der Waals surface area contributed by atoms with Crippen molar-refractivity contribution in [2.75, 3.05) is 13.1 Å². The van der Waals surface area contributed by atoms with E-state index < -0.39 is 0 Å². The highest BCUT2D eigenvalue weighted by Crippen LogP contribution is 2.25. The summed E-state index contributed by atoms with van der Waals surface area (Å²) < 4.78 is 0. The molecule has 3 nitrogen and oxygen atoms in total. The lowest BCUT2D eigenvalue weighted by Crippen LogP contribution is -2.35. The van der Waals surface area contributed by atoms with E-state index in [1.165, 1.54) is 0 Å². The summed E-state index contributed by atoms with van der Waals surface area (Å²) in [5.74, 6) is -0.0366. The molecule has 0 radical (unpaired) electrons. The molecule has 1 unspecified atom stereocenters. The molecule has 17 heavy (non-hydrogen) atoms. The van der Waals surface area contributed by atoms with Gasteiger partial charge >= 0.3 is 0 Å². The van der Waals surface area contributed by atoms with Crippen molar-refractivity contribution >= 4 is 29.1 Å². The predicted molar refractivity (Wildman–Crippen MR) is 71.6 cm³/mol. The Balaban J connectivity index is 2.60. The third-order valence-electron chi connectivity index (χ3n) is 2.36. The fourth-order valence-corrected chi connectivity index (χ4v) is 1.70. The number of carbonyl (C=O) groups excluding carboxylic acids is 1. The zero-order valence-electron chi connectivity index (χ0n) is 9.89. The van der Waals surface area contributed by atoms with Gasteiger partial charge < -0.3 is 10.6 Å². The Bertz CT molecular complexity index is 396. The summed E-state index contributed by atoms with van der Waals surface area (Å²) in [5.41, 5.74) is 0.934. The summed E-state index contributed by atoms with van der Waals surface area (Å²) >= 11 is 11.8. The average molecular weight is 275 g/mol. The van der Waals surface area contributed by atoms with Crippen molar-refractivity contribution in [1.29, 1.82) is 0 Å². The molecule has 0 aliphatic carbocycles. The second-order valence-corrected chi connectivity index (χ2v) is 4.56. The van der Waals surface area contributed by atoms with Crippen LogP contribution in [0.1, 0.15) is 25.5 Å². The quantitative estimate of drug-likeness (QED) is 0.867. The number of nitrogens with one attached hydrogen (secondary N) is 2. The molecule has 94 valence electrons. The summed E-state index contributed by atoms with van der Waals surface area (Å²) in [6, 6.07) is 5.26. The Morgan fingerprint density at radius 2 is 2.06 bits per heavy atom. The number of likely N-dealkylation sites (N-methyl/N-ethyl adjacent to an activating group) is 1. The number of amides is 1. The first-order chi connectivity index (χ1) is 8.04. The van der Waals surface area contributed by atoms with Gasteiger partial charge in [-0.2, -0.15) is 0 Å². The van der Waals surface area contributed by atoms with Gasteiger partial charge in [-0.25, -0.2) is 0 Å². The molecule has 5 heteroatoms. The maximum absolute atomic E-state index is 11.5. The van der Waals surface area contributed by atoms with Gasteiger partial charge in [0.1, 0.15) is 0 Å². The first-order valence-corrected chi connectivity index (χ1v) is 6.25. The van der Waals surface area contributed by atoms with Crippen molar-refractivity contribution < 1.29 is 4.79 Å². The Morgan fingerprint density at radius 3 is 2.65 bits per heavy atom. The Labute approximate surface area is 111 Å². The molecule has 1 rings (SSSR count). The van der Waals surface area contributed by atoms with Gasteiger partial charge in [-0.15, -0.1) is 0 Å². The molecule has 2 N–H and O–H groups in total. The number of benzene rings is 1. The van der Waals surface area contributed by atoms with Crippen molar-refractivity contribution in [1.82, 2.24) is 10.6 Å². The van der Waals surface area contributed by atoms with Crippen molar-refractivity contribution in [3.05, 3.63) is 33.8 Å². The highest BCUT2D eigenvalue weighted by molar-refractivity contribution is 6.42. The maximum atomic E-state index is 11.5. The van der Waals surface area contributed by atoms with Crippen LogP contribution in [0.4, 0.5) is 0 Å². The van der Waals surface area contributed by atoms with E-state index >= 15 is 0 Å². The minimum Gasteiger partial charge on any atom is -0.348 e. The van der Waals surface area contributed by atoms with Crippen LogP contribution in [0.2, 0.25) is 10.0 Å². The Kier molecular flexibility index (Phi) is 5.75. The number of halogens is 2. The van der Waals surface area contributed by atoms with Crippen LogP contribution in [0.25, 0.3) is 0 Å². The summed E-state index contributed by atoms with van der Waals surface area (Å²) in [7, 11) is 0. The van der Waals surface area contributed by atoms with E-state index in [4.69, 9.17) is 23.2 Å². The van der Waals surface area contributed by atoms with Crippen LogP contribution in [0.15, 0.2) is 18.2 Å². The fraction of sp³-hybridized carbons (Fsp3) is 0.417. The number of hydrogen-bond acceptors (Lipinski definition) is 2. The first kappa shape index (κ1) is 14.3. The second kappa shape index (κ2) is 6.84. The van der Waals surface area contributed by atoms with E-state index in [0.29, 0.717) is 16.6 Å². The van der Waals surface area contributed by atoms with E-state index in [-0.39, 0.29) is 11.9 Å². The van der Waals surface area contributed by atoms with Gasteiger partial charge in [-0.3, -0.25) is 4.79 Å². The molecular formula is C12H16Cl2N2O. The average Bonchev–Trinajstić information content (AvgIpc) is 2.30. The summed E-state index contributed by atoms with van der Waals surface area (Å²) in [4.78, 5) is 11.5. The maximum Gasteiger partial charge on any atom is 0.234 e. The molecule has 0 bridgehead atoms. The molecule has 0 aliphatic rings. The number of hydrogen-bond donors (Lipinski definition) is 2. The van der Waals surface area contributed by atoms with Gasteiger partial charge in [-0.1, -0.05) is 36.2 Å². The molecule has 0 saturated heterocycles. The van der Waals surface area contributed by atoms with Crippen LogP contribution in [0, 0.1) is 0 Å². The van der Waals surface area contributed by atoms with Gasteiger partial charge in [0.2, 0.25) is 5.91 Å². The van der Waals surface area contributed by atoms with Gasteiger partial charge in [-0.05, 0) is 31.2 Å². The van der Waals surface area contributed by atoms with E-state index in [1.54, 1.807) is 12.1 Å². The molecule has 1 aromatic rings. The van der Waals surface area contributed by atoms with Crippen LogP contribution < -0.4 is 10.6 Å². The minimum absolute atomic E-state index is 0.0366. The predicted octanol–water partition coefficient (Wildman–Crippen LogP) is 2.78. The zero-order chi connectivity index (χ0) is 12.8. The lowest BCUT2D eigenvalue weighted by molar-refractivity contribution is -0.120. The Hall–Kier alpha value is -0.770. The molecular weight excluding hydrogens is 259 g/mol. The summed E-state index contributed by atoms with van der Waals surface area (Å²) in [5, 5.41) is 6.85. The van der Waals surface area contributed by atoms with Crippen molar-refractivity contribution in [3.63, 3.8) is 0 Å².